The maximum atomic E-state index is 14.3. The van der Waals surface area contributed by atoms with Crippen LogP contribution in [-0.2, 0) is 12.6 Å². The molecule has 2 nitrogen and oxygen atoms in total. The quantitative estimate of drug-likeness (QED) is 0.759. The fraction of sp³-hybridized carbons (Fsp3) is 0.667. The molecule has 1 aliphatic rings. The van der Waals surface area contributed by atoms with Gasteiger partial charge in [0.25, 0.3) is 0 Å². The zero-order valence-corrected chi connectivity index (χ0v) is 9.80. The molecule has 0 amide bonds. The number of rotatable bonds is 2. The molecule has 1 aromatic heterocycles. The van der Waals surface area contributed by atoms with Crippen molar-refractivity contribution in [1.29, 1.82) is 0 Å². The molecule has 1 heterocycles. The summed E-state index contributed by atoms with van der Waals surface area (Å²) in [6.45, 7) is 0. The van der Waals surface area contributed by atoms with Crippen molar-refractivity contribution in [2.24, 2.45) is 0 Å². The van der Waals surface area contributed by atoms with E-state index in [-0.39, 0.29) is 12.1 Å². The van der Waals surface area contributed by atoms with Crippen molar-refractivity contribution in [3.8, 4) is 0 Å². The van der Waals surface area contributed by atoms with Crippen molar-refractivity contribution in [3.63, 3.8) is 0 Å². The molecule has 1 aliphatic carbocycles. The molecule has 6 heteroatoms. The first-order valence-corrected chi connectivity index (χ1v) is 5.98. The van der Waals surface area contributed by atoms with Crippen molar-refractivity contribution in [2.75, 3.05) is 0 Å². The van der Waals surface area contributed by atoms with Crippen molar-refractivity contribution < 1.29 is 17.6 Å². The minimum absolute atomic E-state index is 0.0537. The highest BCUT2D eigenvalue weighted by Gasteiger charge is 2.35. The first-order valence-electron chi connectivity index (χ1n) is 5.98. The summed E-state index contributed by atoms with van der Waals surface area (Å²) in [6.07, 6.45) is -0.868. The zero-order chi connectivity index (χ0) is 13.2. The molecule has 1 saturated carbocycles. The summed E-state index contributed by atoms with van der Waals surface area (Å²) in [4.78, 5) is 0. The van der Waals surface area contributed by atoms with Crippen LogP contribution in [0.25, 0.3) is 0 Å². The Morgan fingerprint density at radius 2 is 1.72 bits per heavy atom. The molecule has 18 heavy (non-hydrogen) atoms. The number of hydrogen-bond acceptors (Lipinski definition) is 2. The van der Waals surface area contributed by atoms with Crippen LogP contribution in [0.1, 0.15) is 43.5 Å². The van der Waals surface area contributed by atoms with E-state index in [0.717, 1.165) is 25.3 Å². The van der Waals surface area contributed by atoms with Gasteiger partial charge in [0.2, 0.25) is 0 Å². The Morgan fingerprint density at radius 3 is 2.22 bits per heavy atom. The van der Waals surface area contributed by atoms with Crippen molar-refractivity contribution in [1.82, 2.24) is 10.2 Å². The predicted octanol–water partition coefficient (Wildman–Crippen LogP) is 3.71. The smallest absolute Gasteiger partial charge is 0.243 e. The average molecular weight is 262 g/mol. The Kier molecular flexibility index (Phi) is 3.54. The third kappa shape index (κ3) is 3.17. The van der Waals surface area contributed by atoms with Gasteiger partial charge in [-0.25, -0.2) is 4.39 Å². The monoisotopic (exact) mass is 262 g/mol. The fourth-order valence-electron chi connectivity index (χ4n) is 2.29. The van der Waals surface area contributed by atoms with Crippen molar-refractivity contribution in [3.05, 3.63) is 23.5 Å². The molecule has 2 rings (SSSR count). The van der Waals surface area contributed by atoms with Crippen LogP contribution in [0.4, 0.5) is 17.6 Å². The minimum Gasteiger partial charge on any atom is -0.243 e. The third-order valence-corrected chi connectivity index (χ3v) is 3.26. The molecule has 0 radical (unpaired) electrons. The summed E-state index contributed by atoms with van der Waals surface area (Å²) in [5, 5.41) is 6.58. The summed E-state index contributed by atoms with van der Waals surface area (Å²) in [6, 6.07) is 2.07. The summed E-state index contributed by atoms with van der Waals surface area (Å²) >= 11 is 0. The lowest BCUT2D eigenvalue weighted by Gasteiger charge is -2.28. The maximum absolute atomic E-state index is 14.3. The van der Waals surface area contributed by atoms with Gasteiger partial charge in [0.15, 0.2) is 5.69 Å². The lowest BCUT2D eigenvalue weighted by atomic mass is 9.83. The minimum atomic E-state index is -4.50. The van der Waals surface area contributed by atoms with Crippen LogP contribution in [-0.4, -0.2) is 15.9 Å². The highest BCUT2D eigenvalue weighted by Crippen LogP contribution is 2.34. The lowest BCUT2D eigenvalue weighted by Crippen LogP contribution is -2.29. The standard InChI is InChI=1S/C12H14F4N2/c13-11(6-2-1-3-7-11)8-9-4-5-10(18-17-9)12(14,15)16/h4-5H,1-3,6-8H2. The van der Waals surface area contributed by atoms with E-state index in [1.54, 1.807) is 0 Å². The van der Waals surface area contributed by atoms with Gasteiger partial charge in [-0.2, -0.15) is 18.3 Å². The number of halogens is 4. The Morgan fingerprint density at radius 1 is 1.06 bits per heavy atom. The van der Waals surface area contributed by atoms with Crippen LogP contribution < -0.4 is 0 Å². The van der Waals surface area contributed by atoms with Crippen LogP contribution in [0.15, 0.2) is 12.1 Å². The van der Waals surface area contributed by atoms with Crippen molar-refractivity contribution in [2.45, 2.75) is 50.4 Å². The van der Waals surface area contributed by atoms with Gasteiger partial charge in [0, 0.05) is 6.42 Å². The van der Waals surface area contributed by atoms with E-state index < -0.39 is 17.5 Å². The maximum Gasteiger partial charge on any atom is 0.435 e. The van der Waals surface area contributed by atoms with Gasteiger partial charge in [0.05, 0.1) is 5.69 Å². The summed E-state index contributed by atoms with van der Waals surface area (Å²) in [7, 11) is 0. The molecule has 0 aliphatic heterocycles. The molecule has 0 atom stereocenters. The van der Waals surface area contributed by atoms with Gasteiger partial charge >= 0.3 is 6.18 Å². The Hall–Kier alpha value is -1.20. The van der Waals surface area contributed by atoms with Crippen LogP contribution in [0, 0.1) is 0 Å². The van der Waals surface area contributed by atoms with Crippen LogP contribution in [0.5, 0.6) is 0 Å². The molecular formula is C12H14F4N2. The van der Waals surface area contributed by atoms with Gasteiger partial charge in [-0.1, -0.05) is 19.3 Å². The molecular weight excluding hydrogens is 248 g/mol. The number of hydrogen-bond donors (Lipinski definition) is 0. The van der Waals surface area contributed by atoms with Crippen LogP contribution in [0.2, 0.25) is 0 Å². The first-order chi connectivity index (χ1) is 8.39. The second kappa shape index (κ2) is 4.82. The van der Waals surface area contributed by atoms with E-state index in [0.29, 0.717) is 12.8 Å². The highest BCUT2D eigenvalue weighted by atomic mass is 19.4. The first kappa shape index (κ1) is 13.2. The number of nitrogens with zero attached hydrogens (tertiary/aromatic N) is 2. The number of aromatic nitrogens is 2. The molecule has 100 valence electrons. The summed E-state index contributed by atoms with van der Waals surface area (Å²) < 4.78 is 51.1. The van der Waals surface area contributed by atoms with Crippen LogP contribution in [0.3, 0.4) is 0 Å². The molecule has 1 fully saturated rings. The highest BCUT2D eigenvalue weighted by molar-refractivity contribution is 5.11. The Bertz CT molecular complexity index is 394. The SMILES string of the molecule is FC1(Cc2ccc(C(F)(F)F)nn2)CCCCC1. The largest absolute Gasteiger partial charge is 0.435 e. The molecule has 0 saturated heterocycles. The molecule has 0 N–H and O–H groups in total. The molecule has 1 aromatic rings. The van der Waals surface area contributed by atoms with Gasteiger partial charge < -0.3 is 0 Å². The van der Waals surface area contributed by atoms with Crippen LogP contribution >= 0.6 is 0 Å². The normalized spacial score (nSPS) is 19.8. The molecule has 0 unspecified atom stereocenters. The van der Waals surface area contributed by atoms with E-state index in [2.05, 4.69) is 10.2 Å². The third-order valence-electron chi connectivity index (χ3n) is 3.26. The fourth-order valence-corrected chi connectivity index (χ4v) is 2.29. The van der Waals surface area contributed by atoms with E-state index >= 15 is 0 Å². The second-order valence-corrected chi connectivity index (χ2v) is 4.80. The second-order valence-electron chi connectivity index (χ2n) is 4.80. The van der Waals surface area contributed by atoms with Gasteiger partial charge in [0.1, 0.15) is 5.67 Å². The Balaban J connectivity index is 2.06. The molecule has 0 bridgehead atoms. The van der Waals surface area contributed by atoms with E-state index in [9.17, 15) is 17.6 Å². The van der Waals surface area contributed by atoms with E-state index in [1.165, 1.54) is 6.07 Å². The molecule has 0 spiro atoms. The van der Waals surface area contributed by atoms with Gasteiger partial charge in [-0.05, 0) is 25.0 Å². The molecule has 0 aromatic carbocycles. The summed E-state index contributed by atoms with van der Waals surface area (Å²) in [5.41, 5.74) is -2.08. The van der Waals surface area contributed by atoms with Gasteiger partial charge in [-0.3, -0.25) is 0 Å². The zero-order valence-electron chi connectivity index (χ0n) is 9.80. The number of alkyl halides is 4. The average Bonchev–Trinajstić information content (AvgIpc) is 2.29. The summed E-state index contributed by atoms with van der Waals surface area (Å²) in [5.74, 6) is 0. The lowest BCUT2D eigenvalue weighted by molar-refractivity contribution is -0.141. The Labute approximate surface area is 102 Å². The predicted molar refractivity (Wildman–Crippen MR) is 57.7 cm³/mol. The van der Waals surface area contributed by atoms with E-state index in [1.807, 2.05) is 0 Å². The van der Waals surface area contributed by atoms with Crippen molar-refractivity contribution >= 4 is 0 Å². The van der Waals surface area contributed by atoms with E-state index in [4.69, 9.17) is 0 Å². The van der Waals surface area contributed by atoms with Gasteiger partial charge in [-0.15, -0.1) is 5.10 Å². The topological polar surface area (TPSA) is 25.8 Å².